The van der Waals surface area contributed by atoms with Gasteiger partial charge in [0.05, 0.1) is 0 Å². The van der Waals surface area contributed by atoms with Crippen LogP contribution in [0.3, 0.4) is 0 Å². The van der Waals surface area contributed by atoms with Crippen LogP contribution in [0.1, 0.15) is 26.3 Å². The van der Waals surface area contributed by atoms with Crippen molar-refractivity contribution in [3.63, 3.8) is 0 Å². The number of nitrogens with one attached hydrogen (secondary N) is 1. The lowest BCUT2D eigenvalue weighted by molar-refractivity contribution is 0.362. The Kier molecular flexibility index (Phi) is 5.66. The molecule has 1 N–H and O–H groups in total. The maximum absolute atomic E-state index is 5.59. The minimum absolute atomic E-state index is 0.142. The first-order chi connectivity index (χ1) is 8.53. The molecule has 0 bridgehead atoms. The highest BCUT2D eigenvalue weighted by molar-refractivity contribution is 5.57. The molecule has 0 amide bonds. The lowest BCUT2D eigenvalue weighted by atomic mass is 10.1. The van der Waals surface area contributed by atoms with Gasteiger partial charge in [-0.2, -0.15) is 0 Å². The Morgan fingerprint density at radius 1 is 1.28 bits per heavy atom. The zero-order valence-corrected chi connectivity index (χ0v) is 11.6. The molecule has 18 heavy (non-hydrogen) atoms. The molecular formula is C16H23NO. The van der Waals surface area contributed by atoms with Crippen LogP contribution in [0.2, 0.25) is 0 Å². The largest absolute Gasteiger partial charge is 0.489 e. The minimum Gasteiger partial charge on any atom is -0.489 e. The Balaban J connectivity index is 2.60. The summed E-state index contributed by atoms with van der Waals surface area (Å²) in [5, 5.41) is 3.41. The van der Waals surface area contributed by atoms with Gasteiger partial charge in [0, 0.05) is 17.6 Å². The first kappa shape index (κ1) is 14.5. The highest BCUT2D eigenvalue weighted by atomic mass is 16.5. The molecule has 2 heteroatoms. The van der Waals surface area contributed by atoms with E-state index < -0.39 is 0 Å². The van der Waals surface area contributed by atoms with E-state index >= 15 is 0 Å². The van der Waals surface area contributed by atoms with Gasteiger partial charge in [0.25, 0.3) is 0 Å². The normalized spacial score (nSPS) is 11.7. The molecule has 1 rings (SSSR count). The van der Waals surface area contributed by atoms with Crippen LogP contribution in [-0.2, 0) is 0 Å². The van der Waals surface area contributed by atoms with Crippen LogP contribution >= 0.6 is 0 Å². The van der Waals surface area contributed by atoms with Crippen molar-refractivity contribution >= 4 is 6.08 Å². The molecule has 0 unspecified atom stereocenters. The van der Waals surface area contributed by atoms with Crippen LogP contribution in [0.5, 0.6) is 5.75 Å². The third-order valence-corrected chi connectivity index (χ3v) is 2.32. The fourth-order valence-electron chi connectivity index (χ4n) is 1.45. The van der Waals surface area contributed by atoms with Crippen molar-refractivity contribution in [3.05, 3.63) is 48.6 Å². The Morgan fingerprint density at radius 2 is 2.00 bits per heavy atom. The number of hydrogen-bond acceptors (Lipinski definition) is 2. The van der Waals surface area contributed by atoms with Crippen LogP contribution in [-0.4, -0.2) is 18.7 Å². The van der Waals surface area contributed by atoms with Crippen molar-refractivity contribution in [2.45, 2.75) is 26.3 Å². The number of benzene rings is 1. The summed E-state index contributed by atoms with van der Waals surface area (Å²) in [6.45, 7) is 11.5. The van der Waals surface area contributed by atoms with E-state index in [-0.39, 0.29) is 5.54 Å². The van der Waals surface area contributed by atoms with E-state index in [1.165, 1.54) is 0 Å². The second-order valence-electron chi connectivity index (χ2n) is 5.17. The molecule has 0 saturated carbocycles. The second kappa shape index (κ2) is 7.02. The average Bonchev–Trinajstić information content (AvgIpc) is 2.32. The molecule has 0 saturated heterocycles. The molecule has 0 atom stereocenters. The second-order valence-corrected chi connectivity index (χ2v) is 5.17. The van der Waals surface area contributed by atoms with Gasteiger partial charge in [0.1, 0.15) is 12.4 Å². The first-order valence-electron chi connectivity index (χ1n) is 6.27. The first-order valence-corrected chi connectivity index (χ1v) is 6.27. The molecule has 0 aliphatic heterocycles. The van der Waals surface area contributed by atoms with Gasteiger partial charge in [-0.1, -0.05) is 43.0 Å². The van der Waals surface area contributed by atoms with Gasteiger partial charge < -0.3 is 10.1 Å². The molecule has 0 radical (unpaired) electrons. The molecule has 0 aliphatic rings. The summed E-state index contributed by atoms with van der Waals surface area (Å²) in [7, 11) is 0. The summed E-state index contributed by atoms with van der Waals surface area (Å²) in [6, 6.07) is 8.01. The summed E-state index contributed by atoms with van der Waals surface area (Å²) >= 11 is 0. The Hall–Kier alpha value is -1.54. The van der Waals surface area contributed by atoms with Crippen molar-refractivity contribution in [2.75, 3.05) is 13.2 Å². The molecule has 0 aromatic heterocycles. The fraction of sp³-hybridized carbons (Fsp3) is 0.375. The molecule has 0 fully saturated rings. The molecule has 2 nitrogen and oxygen atoms in total. The van der Waals surface area contributed by atoms with Gasteiger partial charge in [-0.05, 0) is 26.8 Å². The van der Waals surface area contributed by atoms with Crippen molar-refractivity contribution in [3.8, 4) is 5.75 Å². The van der Waals surface area contributed by atoms with Gasteiger partial charge in [-0.15, -0.1) is 0 Å². The third-order valence-electron chi connectivity index (χ3n) is 2.32. The predicted molar refractivity (Wildman–Crippen MR) is 78.9 cm³/mol. The highest BCUT2D eigenvalue weighted by Gasteiger charge is 2.05. The van der Waals surface area contributed by atoms with Crippen LogP contribution in [0.15, 0.2) is 43.0 Å². The van der Waals surface area contributed by atoms with E-state index in [1.807, 2.05) is 24.3 Å². The maximum Gasteiger partial charge on any atom is 0.126 e. The van der Waals surface area contributed by atoms with E-state index in [9.17, 15) is 0 Å². The van der Waals surface area contributed by atoms with E-state index in [4.69, 9.17) is 4.74 Å². The summed E-state index contributed by atoms with van der Waals surface area (Å²) in [5.74, 6) is 0.893. The topological polar surface area (TPSA) is 21.3 Å². The van der Waals surface area contributed by atoms with E-state index in [2.05, 4.69) is 44.8 Å². The van der Waals surface area contributed by atoms with Crippen molar-refractivity contribution < 1.29 is 4.74 Å². The lowest BCUT2D eigenvalue weighted by Crippen LogP contribution is -2.35. The highest BCUT2D eigenvalue weighted by Crippen LogP contribution is 2.19. The Labute approximate surface area is 110 Å². The maximum atomic E-state index is 5.59. The van der Waals surface area contributed by atoms with Crippen LogP contribution in [0.4, 0.5) is 0 Å². The van der Waals surface area contributed by atoms with E-state index in [0.29, 0.717) is 6.61 Å². The Morgan fingerprint density at radius 3 is 2.67 bits per heavy atom. The Bertz CT molecular complexity index is 402. The number of rotatable bonds is 6. The number of para-hydroxylation sites is 1. The molecule has 1 aromatic carbocycles. The number of ether oxygens (including phenoxy) is 1. The fourth-order valence-corrected chi connectivity index (χ4v) is 1.45. The monoisotopic (exact) mass is 245 g/mol. The SMILES string of the molecule is C=CCOc1ccccc1C=CCNC(C)(C)C. The van der Waals surface area contributed by atoms with Crippen molar-refractivity contribution in [2.24, 2.45) is 0 Å². The van der Waals surface area contributed by atoms with E-state index in [1.54, 1.807) is 6.08 Å². The molecule has 1 aromatic rings. The zero-order valence-electron chi connectivity index (χ0n) is 11.6. The van der Waals surface area contributed by atoms with Crippen LogP contribution in [0, 0.1) is 0 Å². The third kappa shape index (κ3) is 5.69. The smallest absolute Gasteiger partial charge is 0.126 e. The van der Waals surface area contributed by atoms with E-state index in [0.717, 1.165) is 17.9 Å². The number of hydrogen-bond donors (Lipinski definition) is 1. The molecule has 98 valence electrons. The summed E-state index contributed by atoms with van der Waals surface area (Å²) in [5.41, 5.74) is 1.23. The minimum atomic E-state index is 0.142. The predicted octanol–water partition coefficient (Wildman–Crippen LogP) is 3.65. The molecule has 0 aliphatic carbocycles. The molecule has 0 heterocycles. The molecule has 0 spiro atoms. The van der Waals surface area contributed by atoms with Crippen LogP contribution < -0.4 is 10.1 Å². The standard InChI is InChI=1S/C16H23NO/c1-5-13-18-15-11-7-6-9-14(15)10-8-12-17-16(2,3)4/h5-11,17H,1,12-13H2,2-4H3. The zero-order chi connectivity index (χ0) is 13.4. The average molecular weight is 245 g/mol. The van der Waals surface area contributed by atoms with Gasteiger partial charge in [0.2, 0.25) is 0 Å². The van der Waals surface area contributed by atoms with Gasteiger partial charge in [0.15, 0.2) is 0 Å². The summed E-state index contributed by atoms with van der Waals surface area (Å²) in [4.78, 5) is 0. The van der Waals surface area contributed by atoms with Crippen molar-refractivity contribution in [1.29, 1.82) is 0 Å². The van der Waals surface area contributed by atoms with Gasteiger partial charge in [-0.25, -0.2) is 0 Å². The van der Waals surface area contributed by atoms with Gasteiger partial charge in [-0.3, -0.25) is 0 Å². The van der Waals surface area contributed by atoms with Crippen molar-refractivity contribution in [1.82, 2.24) is 5.32 Å². The molecular weight excluding hydrogens is 222 g/mol. The summed E-state index contributed by atoms with van der Waals surface area (Å²) < 4.78 is 5.59. The lowest BCUT2D eigenvalue weighted by Gasteiger charge is -2.18. The quantitative estimate of drug-likeness (QED) is 0.772. The van der Waals surface area contributed by atoms with Gasteiger partial charge >= 0.3 is 0 Å². The van der Waals surface area contributed by atoms with Crippen LogP contribution in [0.25, 0.3) is 6.08 Å². The summed E-state index contributed by atoms with van der Waals surface area (Å²) in [6.07, 6.45) is 5.94.